The van der Waals surface area contributed by atoms with E-state index in [9.17, 15) is 0 Å². The fourth-order valence-electron chi connectivity index (χ4n) is 2.79. The molecular weight excluding hydrogens is 384 g/mol. The summed E-state index contributed by atoms with van der Waals surface area (Å²) in [7, 11) is 1.66. The van der Waals surface area contributed by atoms with Crippen LogP contribution in [0.3, 0.4) is 0 Å². The summed E-state index contributed by atoms with van der Waals surface area (Å²) in [5.41, 5.74) is 3.15. The van der Waals surface area contributed by atoms with Gasteiger partial charge in [-0.15, -0.1) is 11.3 Å². The Morgan fingerprint density at radius 2 is 1.93 bits per heavy atom. The quantitative estimate of drug-likeness (QED) is 0.386. The van der Waals surface area contributed by atoms with Crippen molar-refractivity contribution in [2.24, 2.45) is 0 Å². The Morgan fingerprint density at radius 3 is 2.69 bits per heavy atom. The summed E-state index contributed by atoms with van der Waals surface area (Å²) in [6, 6.07) is 17.8. The van der Waals surface area contributed by atoms with Gasteiger partial charge in [-0.05, 0) is 54.3 Å². The van der Waals surface area contributed by atoms with Crippen molar-refractivity contribution in [2.75, 3.05) is 7.11 Å². The van der Waals surface area contributed by atoms with Gasteiger partial charge in [0.05, 0.1) is 12.0 Å². The molecule has 2 heterocycles. The monoisotopic (exact) mass is 404 g/mol. The number of hydrogen-bond donors (Lipinski definition) is 0. The number of thiophene rings is 1. The highest BCUT2D eigenvalue weighted by Crippen LogP contribution is 2.24. The molecule has 0 aliphatic rings. The summed E-state index contributed by atoms with van der Waals surface area (Å²) in [6.07, 6.45) is 3.73. The van der Waals surface area contributed by atoms with Crippen molar-refractivity contribution >= 4 is 23.5 Å². The Kier molecular flexibility index (Phi) is 5.72. The molecular formula is C23H20N2O3S. The fraction of sp³-hybridized carbons (Fsp3) is 0.130. The Labute approximate surface area is 173 Å². The third-order valence-corrected chi connectivity index (χ3v) is 5.19. The number of nitrogens with zero attached hydrogens (tertiary/aromatic N) is 2. The zero-order valence-corrected chi connectivity index (χ0v) is 17.0. The third kappa shape index (κ3) is 4.73. The van der Waals surface area contributed by atoms with E-state index in [2.05, 4.69) is 17.1 Å². The molecule has 0 fully saturated rings. The lowest BCUT2D eigenvalue weighted by atomic mass is 10.1. The summed E-state index contributed by atoms with van der Waals surface area (Å²) in [4.78, 5) is 5.38. The van der Waals surface area contributed by atoms with Crippen LogP contribution in [0.2, 0.25) is 0 Å². The van der Waals surface area contributed by atoms with Gasteiger partial charge in [-0.3, -0.25) is 0 Å². The van der Waals surface area contributed by atoms with Crippen LogP contribution in [0.25, 0.3) is 22.9 Å². The normalized spacial score (nSPS) is 11.1. The lowest BCUT2D eigenvalue weighted by Crippen LogP contribution is -1.99. The van der Waals surface area contributed by atoms with Gasteiger partial charge in [0.15, 0.2) is 0 Å². The molecule has 0 aliphatic carbocycles. The third-order valence-electron chi connectivity index (χ3n) is 4.32. The lowest BCUT2D eigenvalue weighted by molar-refractivity contribution is 0.296. The zero-order valence-electron chi connectivity index (χ0n) is 16.2. The maximum atomic E-state index is 5.91. The van der Waals surface area contributed by atoms with E-state index in [1.807, 2.05) is 66.1 Å². The smallest absolute Gasteiger partial charge is 0.250 e. The highest BCUT2D eigenvalue weighted by Gasteiger charge is 2.08. The summed E-state index contributed by atoms with van der Waals surface area (Å²) in [5, 5.41) is 6.00. The summed E-state index contributed by atoms with van der Waals surface area (Å²) in [5.74, 6) is 2.67. The second-order valence-electron chi connectivity index (χ2n) is 6.44. The van der Waals surface area contributed by atoms with E-state index in [4.69, 9.17) is 14.0 Å². The molecule has 0 radical (unpaired) electrons. The van der Waals surface area contributed by atoms with Gasteiger partial charge in [-0.25, -0.2) is 0 Å². The Bertz CT molecular complexity index is 1100. The van der Waals surface area contributed by atoms with Gasteiger partial charge in [0.2, 0.25) is 5.82 Å². The van der Waals surface area contributed by atoms with Crippen LogP contribution >= 0.6 is 11.3 Å². The molecule has 0 atom stereocenters. The molecule has 0 spiro atoms. The molecule has 0 unspecified atom stereocenters. The minimum Gasteiger partial charge on any atom is -0.496 e. The van der Waals surface area contributed by atoms with Gasteiger partial charge in [-0.2, -0.15) is 4.98 Å². The predicted octanol–water partition coefficient (Wildman–Crippen LogP) is 5.86. The number of benzene rings is 2. The van der Waals surface area contributed by atoms with Crippen molar-refractivity contribution in [1.29, 1.82) is 0 Å². The van der Waals surface area contributed by atoms with Crippen LogP contribution in [0.15, 0.2) is 64.5 Å². The standard InChI is InChI=1S/C23H20N2O3S/c1-16-5-9-19(10-6-16)27-15-18-14-17(7-11-20(18)26-2)8-12-22-24-23(25-28-22)21-4-3-13-29-21/h3-14H,15H2,1-2H3/b12-8-. The van der Waals surface area contributed by atoms with E-state index in [-0.39, 0.29) is 0 Å². The first-order valence-electron chi connectivity index (χ1n) is 9.13. The molecule has 5 nitrogen and oxygen atoms in total. The maximum Gasteiger partial charge on any atom is 0.250 e. The SMILES string of the molecule is COc1ccc(/C=C\c2nc(-c3cccs3)no2)cc1COc1ccc(C)cc1. The van der Waals surface area contributed by atoms with Gasteiger partial charge in [0.1, 0.15) is 18.1 Å². The van der Waals surface area contributed by atoms with E-state index >= 15 is 0 Å². The number of aromatic nitrogens is 2. The molecule has 0 bridgehead atoms. The van der Waals surface area contributed by atoms with Gasteiger partial charge in [-0.1, -0.05) is 35.0 Å². The highest BCUT2D eigenvalue weighted by atomic mass is 32.1. The zero-order chi connectivity index (χ0) is 20.1. The largest absolute Gasteiger partial charge is 0.496 e. The number of methoxy groups -OCH3 is 1. The predicted molar refractivity (Wildman–Crippen MR) is 115 cm³/mol. The van der Waals surface area contributed by atoms with Gasteiger partial charge < -0.3 is 14.0 Å². The molecule has 2 aromatic carbocycles. The summed E-state index contributed by atoms with van der Waals surface area (Å²) >= 11 is 1.58. The van der Waals surface area contributed by atoms with Crippen LogP contribution in [0.5, 0.6) is 11.5 Å². The van der Waals surface area contributed by atoms with Crippen LogP contribution in [0.1, 0.15) is 22.6 Å². The van der Waals surface area contributed by atoms with Crippen LogP contribution in [-0.4, -0.2) is 17.3 Å². The number of aryl methyl sites for hydroxylation is 1. The molecule has 4 rings (SSSR count). The minimum absolute atomic E-state index is 0.414. The molecule has 0 saturated carbocycles. The van der Waals surface area contributed by atoms with Gasteiger partial charge >= 0.3 is 0 Å². The Balaban J connectivity index is 1.48. The van der Waals surface area contributed by atoms with Crippen LogP contribution in [0.4, 0.5) is 0 Å². The Hall–Kier alpha value is -3.38. The van der Waals surface area contributed by atoms with E-state index in [1.54, 1.807) is 24.5 Å². The van der Waals surface area contributed by atoms with E-state index in [0.29, 0.717) is 18.3 Å². The van der Waals surface area contributed by atoms with Crippen LogP contribution in [-0.2, 0) is 6.61 Å². The second kappa shape index (κ2) is 8.75. The maximum absolute atomic E-state index is 5.91. The lowest BCUT2D eigenvalue weighted by Gasteiger charge is -2.11. The van der Waals surface area contributed by atoms with Crippen molar-refractivity contribution in [3.8, 4) is 22.2 Å². The first-order chi connectivity index (χ1) is 14.2. The molecule has 2 aromatic heterocycles. The molecule has 29 heavy (non-hydrogen) atoms. The topological polar surface area (TPSA) is 57.4 Å². The molecule has 0 N–H and O–H groups in total. The number of hydrogen-bond acceptors (Lipinski definition) is 6. The first kappa shape index (κ1) is 19.0. The van der Waals surface area contributed by atoms with Gasteiger partial charge in [0.25, 0.3) is 5.89 Å². The van der Waals surface area contributed by atoms with Crippen molar-refractivity contribution in [3.05, 3.63) is 82.6 Å². The highest BCUT2D eigenvalue weighted by molar-refractivity contribution is 7.13. The summed E-state index contributed by atoms with van der Waals surface area (Å²) < 4.78 is 16.7. The average Bonchev–Trinajstić information content (AvgIpc) is 3.44. The van der Waals surface area contributed by atoms with Crippen molar-refractivity contribution in [1.82, 2.24) is 10.1 Å². The summed E-state index contributed by atoms with van der Waals surface area (Å²) in [6.45, 7) is 2.46. The van der Waals surface area contributed by atoms with Gasteiger partial charge in [0, 0.05) is 11.6 Å². The Morgan fingerprint density at radius 1 is 1.07 bits per heavy atom. The van der Waals surface area contributed by atoms with Crippen molar-refractivity contribution in [3.63, 3.8) is 0 Å². The fourth-order valence-corrected chi connectivity index (χ4v) is 3.44. The molecule has 0 amide bonds. The second-order valence-corrected chi connectivity index (χ2v) is 7.39. The number of ether oxygens (including phenoxy) is 2. The molecule has 6 heteroatoms. The number of rotatable bonds is 7. The first-order valence-corrected chi connectivity index (χ1v) is 10.0. The molecule has 4 aromatic rings. The molecule has 0 aliphatic heterocycles. The minimum atomic E-state index is 0.414. The molecule has 146 valence electrons. The van der Waals surface area contributed by atoms with E-state index in [0.717, 1.165) is 27.5 Å². The van der Waals surface area contributed by atoms with E-state index < -0.39 is 0 Å². The van der Waals surface area contributed by atoms with Crippen LogP contribution in [0, 0.1) is 6.92 Å². The van der Waals surface area contributed by atoms with Crippen LogP contribution < -0.4 is 9.47 Å². The van der Waals surface area contributed by atoms with E-state index in [1.165, 1.54) is 5.56 Å². The average molecular weight is 404 g/mol. The van der Waals surface area contributed by atoms with Crippen molar-refractivity contribution in [2.45, 2.75) is 13.5 Å². The molecule has 0 saturated heterocycles. The van der Waals surface area contributed by atoms with Crippen molar-refractivity contribution < 1.29 is 14.0 Å².